The topological polar surface area (TPSA) is 26.3 Å². The van der Waals surface area contributed by atoms with Crippen LogP contribution in [0.5, 0.6) is 5.75 Å². The van der Waals surface area contributed by atoms with Crippen molar-refractivity contribution in [2.24, 2.45) is 11.3 Å². The minimum Gasteiger partial charge on any atom is -0.493 e. The van der Waals surface area contributed by atoms with Crippen LogP contribution >= 0.6 is 15.9 Å². The van der Waals surface area contributed by atoms with Crippen molar-refractivity contribution in [2.45, 2.75) is 40.5 Å². The number of hydrogen-bond donors (Lipinski definition) is 0. The van der Waals surface area contributed by atoms with Gasteiger partial charge in [0.2, 0.25) is 0 Å². The first-order chi connectivity index (χ1) is 9.32. The van der Waals surface area contributed by atoms with Gasteiger partial charge in [-0.1, -0.05) is 48.8 Å². The maximum Gasteiger partial charge on any atom is 0.130 e. The lowest BCUT2D eigenvalue weighted by Crippen LogP contribution is -2.27. The molecule has 0 aliphatic carbocycles. The molecule has 0 saturated heterocycles. The van der Waals surface area contributed by atoms with Crippen LogP contribution in [-0.2, 0) is 11.2 Å². The number of alkyl halides is 1. The van der Waals surface area contributed by atoms with Crippen molar-refractivity contribution in [1.82, 2.24) is 0 Å². The molecule has 1 rings (SSSR count). The lowest BCUT2D eigenvalue weighted by atomic mass is 9.83. The van der Waals surface area contributed by atoms with Crippen LogP contribution in [-0.4, -0.2) is 17.7 Å². The molecule has 0 aliphatic rings. The average molecular weight is 341 g/mol. The third kappa shape index (κ3) is 6.08. The summed E-state index contributed by atoms with van der Waals surface area (Å²) in [6.45, 7) is 9.03. The summed E-state index contributed by atoms with van der Waals surface area (Å²) in [6, 6.07) is 8.06. The normalized spacial score (nSPS) is 13.1. The van der Waals surface area contributed by atoms with Crippen molar-refractivity contribution in [3.05, 3.63) is 29.8 Å². The number of Topliss-reactive ketones (excluding diaryl/α,β-unsaturated/α-hetero) is 1. The second-order valence-electron chi connectivity index (χ2n) is 6.37. The Morgan fingerprint density at radius 2 is 1.85 bits per heavy atom. The Hall–Kier alpha value is -0.830. The fourth-order valence-corrected chi connectivity index (χ4v) is 2.95. The zero-order valence-corrected chi connectivity index (χ0v) is 14.5. The first-order valence-electron chi connectivity index (χ1n) is 7.10. The van der Waals surface area contributed by atoms with E-state index in [2.05, 4.69) is 36.7 Å². The number of halogens is 1. The van der Waals surface area contributed by atoms with E-state index in [0.29, 0.717) is 18.9 Å². The lowest BCUT2D eigenvalue weighted by Gasteiger charge is -2.29. The molecule has 0 aliphatic heterocycles. The predicted octanol–water partition coefficient (Wildman–Crippen LogP) is 4.64. The maximum absolute atomic E-state index is 11.0. The summed E-state index contributed by atoms with van der Waals surface area (Å²) in [5, 5.41) is 0.938. The van der Waals surface area contributed by atoms with E-state index < -0.39 is 0 Å². The van der Waals surface area contributed by atoms with Gasteiger partial charge in [-0.3, -0.25) is 0 Å². The summed E-state index contributed by atoms with van der Waals surface area (Å²) in [5.74, 6) is 1.60. The van der Waals surface area contributed by atoms with Gasteiger partial charge >= 0.3 is 0 Å². The molecule has 0 heterocycles. The number of hydrogen-bond acceptors (Lipinski definition) is 2. The molecule has 0 saturated carbocycles. The van der Waals surface area contributed by atoms with Crippen LogP contribution in [0.15, 0.2) is 24.3 Å². The van der Waals surface area contributed by atoms with E-state index in [1.54, 1.807) is 6.92 Å². The molecule has 1 aromatic carbocycles. The van der Waals surface area contributed by atoms with E-state index in [0.717, 1.165) is 17.5 Å². The Kier molecular flexibility index (Phi) is 6.74. The van der Waals surface area contributed by atoms with Crippen LogP contribution in [0.3, 0.4) is 0 Å². The zero-order chi connectivity index (χ0) is 15.2. The molecule has 112 valence electrons. The molecule has 1 aromatic rings. The van der Waals surface area contributed by atoms with Gasteiger partial charge in [0.15, 0.2) is 0 Å². The number of ketones is 1. The Bertz CT molecular complexity index is 418. The number of carbonyl (C=O) groups is 1. The van der Waals surface area contributed by atoms with Crippen LogP contribution in [0.4, 0.5) is 0 Å². The molecule has 1 atom stereocenters. The highest BCUT2D eigenvalue weighted by Crippen LogP contribution is 2.28. The molecular formula is C17H25BrO2. The number of aryl methyl sites for hydroxylation is 1. The number of benzene rings is 1. The highest BCUT2D eigenvalue weighted by atomic mass is 79.9. The van der Waals surface area contributed by atoms with E-state index in [1.807, 2.05) is 24.3 Å². The number of carbonyl (C=O) groups excluding carboxylic acids is 1. The van der Waals surface area contributed by atoms with Gasteiger partial charge in [-0.15, -0.1) is 0 Å². The van der Waals surface area contributed by atoms with Crippen molar-refractivity contribution < 1.29 is 9.53 Å². The summed E-state index contributed by atoms with van der Waals surface area (Å²) in [5.41, 5.74) is 1.41. The standard InChI is InChI=1S/C17H25BrO2/c1-13(19)5-6-14-7-9-16(10-8-14)20-12-15(11-18)17(2,3)4/h7-10,15H,5-6,11-12H2,1-4H3. The van der Waals surface area contributed by atoms with Crippen molar-refractivity contribution in [1.29, 1.82) is 0 Å². The fourth-order valence-electron chi connectivity index (χ4n) is 1.80. The van der Waals surface area contributed by atoms with Gasteiger partial charge in [-0.05, 0) is 36.5 Å². The summed E-state index contributed by atoms with van der Waals surface area (Å²) < 4.78 is 5.87. The van der Waals surface area contributed by atoms with Crippen molar-refractivity contribution in [3.8, 4) is 5.75 Å². The third-order valence-electron chi connectivity index (χ3n) is 3.55. The fraction of sp³-hybridized carbons (Fsp3) is 0.588. The van der Waals surface area contributed by atoms with Gasteiger partial charge in [0, 0.05) is 17.7 Å². The third-order valence-corrected chi connectivity index (χ3v) is 4.33. The molecule has 0 N–H and O–H groups in total. The lowest BCUT2D eigenvalue weighted by molar-refractivity contribution is -0.116. The highest BCUT2D eigenvalue weighted by molar-refractivity contribution is 9.09. The quantitative estimate of drug-likeness (QED) is 0.675. The minimum atomic E-state index is 0.227. The Morgan fingerprint density at radius 3 is 2.30 bits per heavy atom. The van der Waals surface area contributed by atoms with Crippen LogP contribution in [0.2, 0.25) is 0 Å². The van der Waals surface area contributed by atoms with Crippen LogP contribution in [0.1, 0.15) is 39.7 Å². The summed E-state index contributed by atoms with van der Waals surface area (Å²) >= 11 is 3.56. The van der Waals surface area contributed by atoms with E-state index >= 15 is 0 Å². The van der Waals surface area contributed by atoms with Gasteiger partial charge in [-0.2, -0.15) is 0 Å². The van der Waals surface area contributed by atoms with Crippen molar-refractivity contribution in [3.63, 3.8) is 0 Å². The highest BCUT2D eigenvalue weighted by Gasteiger charge is 2.24. The number of rotatable bonds is 7. The molecule has 0 amide bonds. The van der Waals surface area contributed by atoms with Crippen LogP contribution < -0.4 is 4.74 Å². The van der Waals surface area contributed by atoms with Crippen molar-refractivity contribution in [2.75, 3.05) is 11.9 Å². The van der Waals surface area contributed by atoms with Gasteiger partial charge in [-0.25, -0.2) is 0 Å². The summed E-state index contributed by atoms with van der Waals surface area (Å²) in [7, 11) is 0. The second-order valence-corrected chi connectivity index (χ2v) is 7.02. The van der Waals surface area contributed by atoms with Gasteiger partial charge in [0.25, 0.3) is 0 Å². The van der Waals surface area contributed by atoms with Crippen LogP contribution in [0.25, 0.3) is 0 Å². The molecule has 3 heteroatoms. The van der Waals surface area contributed by atoms with Crippen molar-refractivity contribution >= 4 is 21.7 Å². The predicted molar refractivity (Wildman–Crippen MR) is 87.7 cm³/mol. The van der Waals surface area contributed by atoms with Gasteiger partial charge in [0.1, 0.15) is 11.5 Å². The van der Waals surface area contributed by atoms with Gasteiger partial charge in [0.05, 0.1) is 6.61 Å². The molecule has 1 unspecified atom stereocenters. The van der Waals surface area contributed by atoms with Gasteiger partial charge < -0.3 is 9.53 Å². The Balaban J connectivity index is 2.51. The summed E-state index contributed by atoms with van der Waals surface area (Å²) in [4.78, 5) is 11.0. The maximum atomic E-state index is 11.0. The second kappa shape index (κ2) is 7.82. The Labute approximate surface area is 131 Å². The largest absolute Gasteiger partial charge is 0.493 e. The average Bonchev–Trinajstić information content (AvgIpc) is 2.36. The first-order valence-corrected chi connectivity index (χ1v) is 8.22. The number of ether oxygens (including phenoxy) is 1. The SMILES string of the molecule is CC(=O)CCc1ccc(OCC(CBr)C(C)(C)C)cc1. The molecule has 0 bridgehead atoms. The minimum absolute atomic E-state index is 0.227. The molecule has 0 spiro atoms. The Morgan fingerprint density at radius 1 is 1.25 bits per heavy atom. The van der Waals surface area contributed by atoms with E-state index in [4.69, 9.17) is 4.74 Å². The zero-order valence-electron chi connectivity index (χ0n) is 12.9. The molecule has 0 fully saturated rings. The molecule has 0 radical (unpaired) electrons. The monoisotopic (exact) mass is 340 g/mol. The summed E-state index contributed by atoms with van der Waals surface area (Å²) in [6.07, 6.45) is 1.41. The molecule has 0 aromatic heterocycles. The first kappa shape index (κ1) is 17.2. The molecular weight excluding hydrogens is 316 g/mol. The van der Waals surface area contributed by atoms with E-state index in [1.165, 1.54) is 5.56 Å². The van der Waals surface area contributed by atoms with Crippen LogP contribution in [0, 0.1) is 11.3 Å². The molecule has 2 nitrogen and oxygen atoms in total. The smallest absolute Gasteiger partial charge is 0.130 e. The van der Waals surface area contributed by atoms with E-state index in [9.17, 15) is 4.79 Å². The molecule has 20 heavy (non-hydrogen) atoms. The van der Waals surface area contributed by atoms with E-state index in [-0.39, 0.29) is 11.2 Å².